The molecule has 1 aromatic carbocycles. The van der Waals surface area contributed by atoms with E-state index in [4.69, 9.17) is 4.74 Å². The Labute approximate surface area is 180 Å². The van der Waals surface area contributed by atoms with E-state index >= 15 is 0 Å². The molecule has 31 heavy (non-hydrogen) atoms. The minimum Gasteiger partial charge on any atom is -0.386 e. The number of carbonyl (C=O) groups is 3. The lowest BCUT2D eigenvalue weighted by molar-refractivity contribution is -0.143. The van der Waals surface area contributed by atoms with Crippen LogP contribution in [0.2, 0.25) is 0 Å². The monoisotopic (exact) mass is 429 g/mol. The first-order chi connectivity index (χ1) is 14.7. The molecule has 8 heteroatoms. The summed E-state index contributed by atoms with van der Waals surface area (Å²) in [6.07, 6.45) is -1.19. The van der Waals surface area contributed by atoms with Crippen LogP contribution in [0.25, 0.3) is 0 Å². The van der Waals surface area contributed by atoms with Gasteiger partial charge in [0.2, 0.25) is 17.4 Å². The number of ketones is 2. The van der Waals surface area contributed by atoms with Gasteiger partial charge >= 0.3 is 0 Å². The summed E-state index contributed by atoms with van der Waals surface area (Å²) in [5.41, 5.74) is -3.78. The van der Waals surface area contributed by atoms with Crippen molar-refractivity contribution in [1.82, 2.24) is 5.32 Å². The first kappa shape index (κ1) is 23.0. The Morgan fingerprint density at radius 1 is 1.29 bits per heavy atom. The zero-order valence-corrected chi connectivity index (χ0v) is 17.7. The van der Waals surface area contributed by atoms with Crippen LogP contribution in [0.4, 0.5) is 0 Å². The van der Waals surface area contributed by atoms with Gasteiger partial charge in [-0.25, -0.2) is 0 Å². The van der Waals surface area contributed by atoms with E-state index in [2.05, 4.69) is 5.32 Å². The summed E-state index contributed by atoms with van der Waals surface area (Å²) in [6, 6.07) is 7.99. The van der Waals surface area contributed by atoms with Crippen molar-refractivity contribution in [2.24, 2.45) is 5.41 Å². The molecule has 0 radical (unpaired) electrons. The van der Waals surface area contributed by atoms with Gasteiger partial charge in [0.1, 0.15) is 23.7 Å². The highest BCUT2D eigenvalue weighted by molar-refractivity contribution is 6.21. The summed E-state index contributed by atoms with van der Waals surface area (Å²) < 4.78 is 5.34. The van der Waals surface area contributed by atoms with Gasteiger partial charge in [0, 0.05) is 12.7 Å². The second-order valence-corrected chi connectivity index (χ2v) is 7.89. The van der Waals surface area contributed by atoms with Gasteiger partial charge in [-0.2, -0.15) is 0 Å². The maximum Gasteiger partial charge on any atom is 0.239 e. The lowest BCUT2D eigenvalue weighted by Gasteiger charge is -2.32. The number of nitrogens with one attached hydrogen (secondary N) is 1. The Morgan fingerprint density at radius 3 is 2.52 bits per heavy atom. The van der Waals surface area contributed by atoms with E-state index in [-0.39, 0.29) is 23.1 Å². The maximum absolute atomic E-state index is 13.2. The number of rotatable bonds is 7. The van der Waals surface area contributed by atoms with Crippen molar-refractivity contribution >= 4 is 17.5 Å². The van der Waals surface area contributed by atoms with Crippen molar-refractivity contribution in [3.63, 3.8) is 0 Å². The molecular weight excluding hydrogens is 402 g/mol. The smallest absolute Gasteiger partial charge is 0.239 e. The first-order valence-electron chi connectivity index (χ1n) is 10.1. The van der Waals surface area contributed by atoms with Crippen LogP contribution < -0.4 is 5.32 Å². The molecular formula is C23H27NO7. The van der Waals surface area contributed by atoms with Crippen LogP contribution in [0.1, 0.15) is 37.0 Å². The largest absolute Gasteiger partial charge is 0.386 e. The zero-order chi connectivity index (χ0) is 23.0. The van der Waals surface area contributed by atoms with E-state index in [1.807, 2.05) is 6.92 Å². The highest BCUT2D eigenvalue weighted by atomic mass is 16.5. The van der Waals surface area contributed by atoms with E-state index in [0.29, 0.717) is 6.42 Å². The fourth-order valence-corrected chi connectivity index (χ4v) is 4.37. The molecule has 0 unspecified atom stereocenters. The van der Waals surface area contributed by atoms with Crippen LogP contribution in [-0.4, -0.2) is 63.9 Å². The number of allylic oxidation sites excluding steroid dienone is 2. The molecule has 1 aliphatic heterocycles. The van der Waals surface area contributed by atoms with E-state index in [1.54, 1.807) is 24.3 Å². The zero-order valence-electron chi connectivity index (χ0n) is 17.7. The van der Waals surface area contributed by atoms with Gasteiger partial charge < -0.3 is 25.4 Å². The predicted molar refractivity (Wildman–Crippen MR) is 111 cm³/mol. The molecule has 1 saturated heterocycles. The second kappa shape index (κ2) is 8.47. The van der Waals surface area contributed by atoms with Gasteiger partial charge in [-0.15, -0.1) is 0 Å². The van der Waals surface area contributed by atoms with E-state index in [9.17, 15) is 29.7 Å². The third kappa shape index (κ3) is 3.36. The van der Waals surface area contributed by atoms with Crippen LogP contribution in [-0.2, 0) is 14.3 Å². The number of benzene rings is 1. The van der Waals surface area contributed by atoms with Gasteiger partial charge in [-0.1, -0.05) is 49.4 Å². The van der Waals surface area contributed by atoms with Crippen molar-refractivity contribution in [3.8, 4) is 0 Å². The standard InChI is InChI=1S/C23H27NO7/c1-4-5-11-16(25)17(26)15-12-22(18(27)13(15)2)20(29)23(31-3,24-21(22)30)19(28)14-9-7-6-8-10-14/h5-11,16-17,20,25-26,29H,4,12H2,1-3H3,(H,24,30)/b11-5-/t16-,17+,20+,22-,23-/m0/s1. The second-order valence-electron chi connectivity index (χ2n) is 7.89. The van der Waals surface area contributed by atoms with Crippen LogP contribution in [0.5, 0.6) is 0 Å². The fraction of sp³-hybridized carbons (Fsp3) is 0.435. The molecule has 1 amide bonds. The number of aliphatic hydroxyl groups excluding tert-OH is 3. The van der Waals surface area contributed by atoms with Crippen LogP contribution in [0.15, 0.2) is 53.6 Å². The molecule has 1 fully saturated rings. The Balaban J connectivity index is 1.99. The lowest BCUT2D eigenvalue weighted by Crippen LogP contribution is -2.58. The third-order valence-corrected chi connectivity index (χ3v) is 6.20. The van der Waals surface area contributed by atoms with Crippen molar-refractivity contribution in [2.75, 3.05) is 7.11 Å². The van der Waals surface area contributed by atoms with Gasteiger partial charge in [-0.3, -0.25) is 14.4 Å². The summed E-state index contributed by atoms with van der Waals surface area (Å²) in [7, 11) is 1.16. The summed E-state index contributed by atoms with van der Waals surface area (Å²) in [4.78, 5) is 39.5. The molecule has 3 rings (SSSR count). The molecule has 1 spiro atoms. The summed E-state index contributed by atoms with van der Waals surface area (Å²) in [6.45, 7) is 3.29. The Morgan fingerprint density at radius 2 is 1.94 bits per heavy atom. The molecule has 5 atom stereocenters. The number of Topliss-reactive ketones (excluding diaryl/α,β-unsaturated/α-hetero) is 2. The minimum atomic E-state index is -2.16. The fourth-order valence-electron chi connectivity index (χ4n) is 4.37. The number of aliphatic hydroxyl groups is 3. The summed E-state index contributed by atoms with van der Waals surface area (Å²) in [5, 5.41) is 34.5. The topological polar surface area (TPSA) is 133 Å². The predicted octanol–water partition coefficient (Wildman–Crippen LogP) is 0.666. The quantitative estimate of drug-likeness (QED) is 0.284. The first-order valence-corrected chi connectivity index (χ1v) is 10.1. The van der Waals surface area contributed by atoms with E-state index in [1.165, 1.54) is 25.1 Å². The molecule has 166 valence electrons. The van der Waals surface area contributed by atoms with Crippen LogP contribution in [0, 0.1) is 5.41 Å². The lowest BCUT2D eigenvalue weighted by atomic mass is 9.74. The minimum absolute atomic E-state index is 0.0738. The Bertz CT molecular complexity index is 954. The van der Waals surface area contributed by atoms with E-state index < -0.39 is 46.9 Å². The molecule has 0 aromatic heterocycles. The van der Waals surface area contributed by atoms with Crippen molar-refractivity contribution in [3.05, 3.63) is 59.2 Å². The average Bonchev–Trinajstić information content (AvgIpc) is 3.18. The summed E-state index contributed by atoms with van der Waals surface area (Å²) >= 11 is 0. The van der Waals surface area contributed by atoms with Gasteiger partial charge in [0.15, 0.2) is 5.78 Å². The molecule has 8 nitrogen and oxygen atoms in total. The number of ether oxygens (including phenoxy) is 1. The molecule has 1 aromatic rings. The normalized spacial score (nSPS) is 30.3. The number of methoxy groups -OCH3 is 1. The highest BCUT2D eigenvalue weighted by Crippen LogP contribution is 2.50. The summed E-state index contributed by atoms with van der Waals surface area (Å²) in [5.74, 6) is -2.27. The van der Waals surface area contributed by atoms with Crippen molar-refractivity contribution in [1.29, 1.82) is 0 Å². The maximum atomic E-state index is 13.2. The van der Waals surface area contributed by atoms with Gasteiger partial charge in [-0.05, 0) is 30.9 Å². The van der Waals surface area contributed by atoms with Gasteiger partial charge in [0.05, 0.1) is 0 Å². The van der Waals surface area contributed by atoms with Gasteiger partial charge in [0.25, 0.3) is 0 Å². The molecule has 1 aliphatic carbocycles. The molecule has 2 aliphatic rings. The Kier molecular flexibility index (Phi) is 6.29. The van der Waals surface area contributed by atoms with Crippen LogP contribution in [0.3, 0.4) is 0 Å². The molecule has 0 saturated carbocycles. The molecule has 0 bridgehead atoms. The number of hydrogen-bond acceptors (Lipinski definition) is 7. The van der Waals surface area contributed by atoms with E-state index in [0.717, 1.165) is 7.11 Å². The average molecular weight is 429 g/mol. The SMILES string of the molecule is CC/C=C\[C@H](O)[C@H](O)C1=C(C)C(=O)[C@]2(C1)C(=O)N[C@](OC)(C(=O)c1ccccc1)[C@@H]2O. The number of hydrogen-bond donors (Lipinski definition) is 4. The molecule has 4 N–H and O–H groups in total. The third-order valence-electron chi connectivity index (χ3n) is 6.20. The Hall–Kier alpha value is -2.65. The molecule has 1 heterocycles. The number of amides is 1. The van der Waals surface area contributed by atoms with Crippen molar-refractivity contribution < 1.29 is 34.4 Å². The number of carbonyl (C=O) groups excluding carboxylic acids is 3. The van der Waals surface area contributed by atoms with Crippen LogP contribution >= 0.6 is 0 Å². The highest BCUT2D eigenvalue weighted by Gasteiger charge is 2.71. The van der Waals surface area contributed by atoms with Crippen molar-refractivity contribution in [2.45, 2.75) is 50.7 Å².